The van der Waals surface area contributed by atoms with Crippen molar-refractivity contribution in [2.45, 2.75) is 39.7 Å². The Bertz CT molecular complexity index is 559. The van der Waals surface area contributed by atoms with Crippen LogP contribution in [0.25, 0.3) is 10.6 Å². The Hall–Kier alpha value is -1.69. The molecule has 0 aliphatic rings. The Balaban J connectivity index is 2.51. The van der Waals surface area contributed by atoms with E-state index in [0.717, 1.165) is 23.4 Å². The van der Waals surface area contributed by atoms with Crippen LogP contribution in [-0.4, -0.2) is 27.6 Å². The van der Waals surface area contributed by atoms with Crippen molar-refractivity contribution < 1.29 is 9.53 Å². The largest absolute Gasteiger partial charge is 0.461 e. The van der Waals surface area contributed by atoms with E-state index >= 15 is 0 Å². The Morgan fingerprint density at radius 3 is 2.70 bits per heavy atom. The van der Waals surface area contributed by atoms with Crippen molar-refractivity contribution >= 4 is 17.3 Å². The second-order valence-corrected chi connectivity index (χ2v) is 5.35. The van der Waals surface area contributed by atoms with Gasteiger partial charge < -0.3 is 4.74 Å². The predicted molar refractivity (Wildman–Crippen MR) is 78.9 cm³/mol. The maximum Gasteiger partial charge on any atom is 0.361 e. The van der Waals surface area contributed by atoms with Crippen LogP contribution in [-0.2, 0) is 4.74 Å². The van der Waals surface area contributed by atoms with Crippen LogP contribution >= 0.6 is 11.3 Å². The number of hydrogen-bond donors (Lipinski definition) is 0. The summed E-state index contributed by atoms with van der Waals surface area (Å²) in [6.07, 6.45) is 1.89. The van der Waals surface area contributed by atoms with Crippen molar-refractivity contribution in [2.24, 2.45) is 0 Å². The summed E-state index contributed by atoms with van der Waals surface area (Å²) in [4.78, 5) is 13.0. The van der Waals surface area contributed by atoms with E-state index < -0.39 is 5.97 Å². The first-order valence-corrected chi connectivity index (χ1v) is 7.76. The number of esters is 1. The molecule has 0 unspecified atom stereocenters. The SMILES string of the molecule is CCOC(=O)c1nnn(C(CC)CC)c1-c1cccs1. The Morgan fingerprint density at radius 2 is 2.15 bits per heavy atom. The number of rotatable bonds is 6. The van der Waals surface area contributed by atoms with Crippen molar-refractivity contribution in [2.75, 3.05) is 6.61 Å². The molecule has 2 aromatic heterocycles. The van der Waals surface area contributed by atoms with Gasteiger partial charge in [-0.1, -0.05) is 25.1 Å². The van der Waals surface area contributed by atoms with Gasteiger partial charge in [0.1, 0.15) is 5.69 Å². The van der Waals surface area contributed by atoms with Crippen LogP contribution < -0.4 is 0 Å². The normalized spacial score (nSPS) is 11.0. The van der Waals surface area contributed by atoms with Crippen molar-refractivity contribution in [3.8, 4) is 10.6 Å². The first-order chi connectivity index (χ1) is 9.72. The zero-order valence-electron chi connectivity index (χ0n) is 12.0. The molecule has 2 aromatic rings. The third-order valence-electron chi connectivity index (χ3n) is 3.21. The number of ether oxygens (including phenoxy) is 1. The smallest absolute Gasteiger partial charge is 0.361 e. The monoisotopic (exact) mass is 293 g/mol. The summed E-state index contributed by atoms with van der Waals surface area (Å²) in [5, 5.41) is 10.2. The van der Waals surface area contributed by atoms with Crippen LogP contribution in [0.2, 0.25) is 0 Å². The van der Waals surface area contributed by atoms with Crippen LogP contribution in [0.1, 0.15) is 50.1 Å². The summed E-state index contributed by atoms with van der Waals surface area (Å²) in [5.41, 5.74) is 1.08. The van der Waals surface area contributed by atoms with E-state index in [1.165, 1.54) is 0 Å². The van der Waals surface area contributed by atoms with Crippen LogP contribution in [0.3, 0.4) is 0 Å². The Kier molecular flexibility index (Phi) is 4.89. The van der Waals surface area contributed by atoms with Gasteiger partial charge in [0.05, 0.1) is 17.5 Å². The fourth-order valence-electron chi connectivity index (χ4n) is 2.16. The highest BCUT2D eigenvalue weighted by Crippen LogP contribution is 2.31. The summed E-state index contributed by atoms with van der Waals surface area (Å²) in [6, 6.07) is 4.17. The van der Waals surface area contributed by atoms with Gasteiger partial charge in [-0.2, -0.15) is 0 Å². The van der Waals surface area contributed by atoms with Gasteiger partial charge in [-0.25, -0.2) is 9.48 Å². The van der Waals surface area contributed by atoms with E-state index in [1.807, 2.05) is 22.2 Å². The lowest BCUT2D eigenvalue weighted by atomic mass is 10.1. The van der Waals surface area contributed by atoms with Gasteiger partial charge in [0.15, 0.2) is 5.69 Å². The summed E-state index contributed by atoms with van der Waals surface area (Å²) in [7, 11) is 0. The quantitative estimate of drug-likeness (QED) is 0.764. The number of carbonyl (C=O) groups excluding carboxylic acids is 1. The van der Waals surface area contributed by atoms with Gasteiger partial charge in [0.2, 0.25) is 0 Å². The summed E-state index contributed by atoms with van der Waals surface area (Å²) in [5.74, 6) is -0.409. The molecular weight excluding hydrogens is 274 g/mol. The molecule has 0 aromatic carbocycles. The summed E-state index contributed by atoms with van der Waals surface area (Å²) >= 11 is 1.57. The third kappa shape index (κ3) is 2.75. The zero-order chi connectivity index (χ0) is 14.5. The molecule has 0 fully saturated rings. The molecule has 0 aliphatic carbocycles. The Morgan fingerprint density at radius 1 is 1.40 bits per heavy atom. The van der Waals surface area contributed by atoms with Crippen LogP contribution in [0.5, 0.6) is 0 Å². The molecule has 6 heteroatoms. The van der Waals surface area contributed by atoms with Crippen LogP contribution in [0.4, 0.5) is 0 Å². The lowest BCUT2D eigenvalue weighted by Crippen LogP contribution is -2.12. The minimum Gasteiger partial charge on any atom is -0.461 e. The highest BCUT2D eigenvalue weighted by atomic mass is 32.1. The third-order valence-corrected chi connectivity index (χ3v) is 4.08. The van der Waals surface area contributed by atoms with E-state index in [9.17, 15) is 4.79 Å². The van der Waals surface area contributed by atoms with Crippen molar-refractivity contribution in [1.82, 2.24) is 15.0 Å². The predicted octanol–water partition coefficient (Wildman–Crippen LogP) is 3.54. The Labute approximate surface area is 122 Å². The van der Waals surface area contributed by atoms with Gasteiger partial charge in [-0.15, -0.1) is 16.4 Å². The van der Waals surface area contributed by atoms with E-state index in [1.54, 1.807) is 18.3 Å². The van der Waals surface area contributed by atoms with E-state index in [4.69, 9.17) is 4.74 Å². The number of nitrogens with zero attached hydrogens (tertiary/aromatic N) is 3. The molecule has 2 heterocycles. The van der Waals surface area contributed by atoms with Crippen LogP contribution in [0.15, 0.2) is 17.5 Å². The van der Waals surface area contributed by atoms with Crippen LogP contribution in [0, 0.1) is 0 Å². The van der Waals surface area contributed by atoms with Gasteiger partial charge in [-0.3, -0.25) is 0 Å². The second kappa shape index (κ2) is 6.65. The second-order valence-electron chi connectivity index (χ2n) is 4.40. The van der Waals surface area contributed by atoms with Crippen molar-refractivity contribution in [3.63, 3.8) is 0 Å². The van der Waals surface area contributed by atoms with Gasteiger partial charge >= 0.3 is 5.97 Å². The van der Waals surface area contributed by atoms with Gasteiger partial charge in [0, 0.05) is 0 Å². The minimum absolute atomic E-state index is 0.239. The molecule has 108 valence electrons. The average Bonchev–Trinajstić information content (AvgIpc) is 3.08. The average molecular weight is 293 g/mol. The molecule has 2 rings (SSSR count). The molecule has 0 N–H and O–H groups in total. The fraction of sp³-hybridized carbons (Fsp3) is 0.500. The molecule has 0 bridgehead atoms. The maximum atomic E-state index is 12.0. The molecule has 0 radical (unpaired) electrons. The highest BCUT2D eigenvalue weighted by Gasteiger charge is 2.25. The first kappa shape index (κ1) is 14.7. The summed E-state index contributed by atoms with van der Waals surface area (Å²) < 4.78 is 6.94. The molecule has 20 heavy (non-hydrogen) atoms. The lowest BCUT2D eigenvalue weighted by molar-refractivity contribution is 0.0520. The molecule has 0 atom stereocenters. The van der Waals surface area contributed by atoms with E-state index in [2.05, 4.69) is 24.2 Å². The van der Waals surface area contributed by atoms with Gasteiger partial charge in [0.25, 0.3) is 0 Å². The maximum absolute atomic E-state index is 12.0. The van der Waals surface area contributed by atoms with Crippen molar-refractivity contribution in [1.29, 1.82) is 0 Å². The summed E-state index contributed by atoms with van der Waals surface area (Å²) in [6.45, 7) is 6.34. The number of thiophene rings is 1. The molecule has 0 aliphatic heterocycles. The minimum atomic E-state index is -0.409. The highest BCUT2D eigenvalue weighted by molar-refractivity contribution is 7.13. The molecule has 0 spiro atoms. The molecule has 0 saturated carbocycles. The standard InChI is InChI=1S/C14H19N3O2S/c1-4-10(5-2)17-13(11-8-7-9-20-11)12(15-16-17)14(18)19-6-3/h7-10H,4-6H2,1-3H3. The molecule has 0 saturated heterocycles. The topological polar surface area (TPSA) is 57.0 Å². The van der Waals surface area contributed by atoms with E-state index in [0.29, 0.717) is 12.3 Å². The molecule has 5 nitrogen and oxygen atoms in total. The number of aromatic nitrogens is 3. The number of hydrogen-bond acceptors (Lipinski definition) is 5. The zero-order valence-corrected chi connectivity index (χ0v) is 12.8. The lowest BCUT2D eigenvalue weighted by Gasteiger charge is -2.15. The molecular formula is C14H19N3O2S. The number of carbonyl (C=O) groups is 1. The van der Waals surface area contributed by atoms with Gasteiger partial charge in [-0.05, 0) is 31.2 Å². The van der Waals surface area contributed by atoms with E-state index in [-0.39, 0.29) is 6.04 Å². The van der Waals surface area contributed by atoms with Crippen molar-refractivity contribution in [3.05, 3.63) is 23.2 Å². The fourth-order valence-corrected chi connectivity index (χ4v) is 2.93. The molecule has 0 amide bonds. The first-order valence-electron chi connectivity index (χ1n) is 6.89.